The van der Waals surface area contributed by atoms with Crippen molar-refractivity contribution in [2.75, 3.05) is 26.7 Å². The number of hydrogen-bond acceptors (Lipinski definition) is 3. The highest BCUT2D eigenvalue weighted by atomic mass is 19.4. The van der Waals surface area contributed by atoms with Gasteiger partial charge in [-0.25, -0.2) is 0 Å². The Balaban J connectivity index is 2.54. The van der Waals surface area contributed by atoms with Gasteiger partial charge in [0, 0.05) is 13.6 Å². The lowest BCUT2D eigenvalue weighted by atomic mass is 9.93. The second-order valence-corrected chi connectivity index (χ2v) is 5.93. The third-order valence-corrected chi connectivity index (χ3v) is 3.19. The highest BCUT2D eigenvalue weighted by molar-refractivity contribution is 5.77. The number of alkyl halides is 3. The molecule has 1 aromatic carbocycles. The van der Waals surface area contributed by atoms with Crippen molar-refractivity contribution in [3.05, 3.63) is 29.8 Å². The summed E-state index contributed by atoms with van der Waals surface area (Å²) in [5.74, 6) is -0.0470. The van der Waals surface area contributed by atoms with E-state index in [2.05, 4.69) is 0 Å². The lowest BCUT2D eigenvalue weighted by Gasteiger charge is -2.29. The zero-order valence-electron chi connectivity index (χ0n) is 12.9. The van der Waals surface area contributed by atoms with Gasteiger partial charge in [0.25, 0.3) is 5.91 Å². The van der Waals surface area contributed by atoms with E-state index in [1.54, 1.807) is 7.05 Å². The van der Waals surface area contributed by atoms with E-state index in [-0.39, 0.29) is 23.7 Å². The summed E-state index contributed by atoms with van der Waals surface area (Å²) in [6.45, 7) is 4.55. The van der Waals surface area contributed by atoms with Crippen LogP contribution >= 0.6 is 0 Å². The molecule has 124 valence electrons. The van der Waals surface area contributed by atoms with Gasteiger partial charge in [0.1, 0.15) is 5.75 Å². The molecule has 0 heterocycles. The molecule has 22 heavy (non-hydrogen) atoms. The average molecular weight is 318 g/mol. The normalized spacial score (nSPS) is 12.1. The topological polar surface area (TPSA) is 55.6 Å². The lowest BCUT2D eigenvalue weighted by Crippen LogP contribution is -2.41. The molecule has 1 amide bonds. The van der Waals surface area contributed by atoms with Gasteiger partial charge in [-0.15, -0.1) is 0 Å². The number of halogens is 3. The van der Waals surface area contributed by atoms with E-state index in [4.69, 9.17) is 10.5 Å². The molecule has 1 rings (SSSR count). The molecule has 7 heteroatoms. The van der Waals surface area contributed by atoms with Gasteiger partial charge in [-0.2, -0.15) is 13.2 Å². The first-order chi connectivity index (χ1) is 10.0. The van der Waals surface area contributed by atoms with Crippen molar-refractivity contribution in [3.63, 3.8) is 0 Å². The Labute approximate surface area is 128 Å². The zero-order chi connectivity index (χ0) is 17.0. The largest absolute Gasteiger partial charge is 0.484 e. The summed E-state index contributed by atoms with van der Waals surface area (Å²) in [4.78, 5) is 13.4. The predicted octanol–water partition coefficient (Wildman–Crippen LogP) is 2.53. The number of rotatable bonds is 6. The fourth-order valence-corrected chi connectivity index (χ4v) is 1.79. The fraction of sp³-hybridized carbons (Fsp3) is 0.533. The van der Waals surface area contributed by atoms with Crippen LogP contribution in [0.2, 0.25) is 0 Å². The highest BCUT2D eigenvalue weighted by Gasteiger charge is 2.30. The van der Waals surface area contributed by atoms with Gasteiger partial charge < -0.3 is 15.4 Å². The van der Waals surface area contributed by atoms with Gasteiger partial charge in [-0.3, -0.25) is 4.79 Å². The predicted molar refractivity (Wildman–Crippen MR) is 77.4 cm³/mol. The van der Waals surface area contributed by atoms with Crippen molar-refractivity contribution in [2.24, 2.45) is 11.1 Å². The summed E-state index contributed by atoms with van der Waals surface area (Å²) in [5, 5.41) is 0. The van der Waals surface area contributed by atoms with Crippen LogP contribution in [0.25, 0.3) is 0 Å². The number of carbonyl (C=O) groups is 1. The standard InChI is InChI=1S/C15H21F3N2O2/c1-14(2,9-19)10-20(3)13(21)8-22-12-6-4-11(5-7-12)15(16,17)18/h4-7H,8-10,19H2,1-3H3. The molecule has 2 N–H and O–H groups in total. The first kappa shape index (κ1) is 18.3. The number of hydrogen-bond donors (Lipinski definition) is 1. The Bertz CT molecular complexity index is 499. The Morgan fingerprint density at radius 2 is 1.77 bits per heavy atom. The quantitative estimate of drug-likeness (QED) is 0.877. The third-order valence-electron chi connectivity index (χ3n) is 3.19. The van der Waals surface area contributed by atoms with Crippen LogP contribution in [0.15, 0.2) is 24.3 Å². The molecule has 0 radical (unpaired) electrons. The first-order valence-corrected chi connectivity index (χ1v) is 6.79. The van der Waals surface area contributed by atoms with Gasteiger partial charge in [0.2, 0.25) is 0 Å². The molecular weight excluding hydrogens is 297 g/mol. The van der Waals surface area contributed by atoms with E-state index in [1.165, 1.54) is 17.0 Å². The number of carbonyl (C=O) groups excluding carboxylic acids is 1. The van der Waals surface area contributed by atoms with Gasteiger partial charge in [0.05, 0.1) is 5.56 Å². The van der Waals surface area contributed by atoms with Crippen molar-refractivity contribution in [3.8, 4) is 5.75 Å². The van der Waals surface area contributed by atoms with E-state index in [0.717, 1.165) is 12.1 Å². The fourth-order valence-electron chi connectivity index (χ4n) is 1.79. The summed E-state index contributed by atoms with van der Waals surface area (Å²) in [6.07, 6.45) is -4.39. The Morgan fingerprint density at radius 1 is 1.23 bits per heavy atom. The molecule has 4 nitrogen and oxygen atoms in total. The number of benzene rings is 1. The van der Waals surface area contributed by atoms with Crippen LogP contribution < -0.4 is 10.5 Å². The van der Waals surface area contributed by atoms with Crippen molar-refractivity contribution in [1.29, 1.82) is 0 Å². The molecule has 0 saturated carbocycles. The van der Waals surface area contributed by atoms with Crippen LogP contribution in [0.3, 0.4) is 0 Å². The summed E-state index contributed by atoms with van der Waals surface area (Å²) >= 11 is 0. The number of amides is 1. The van der Waals surface area contributed by atoms with Crippen molar-refractivity contribution >= 4 is 5.91 Å². The lowest BCUT2D eigenvalue weighted by molar-refractivity contribution is -0.137. The molecular formula is C15H21F3N2O2. The highest BCUT2D eigenvalue weighted by Crippen LogP contribution is 2.30. The SMILES string of the molecule is CN(CC(C)(C)CN)C(=O)COc1ccc(C(F)(F)F)cc1. The summed E-state index contributed by atoms with van der Waals surface area (Å²) in [7, 11) is 1.63. The van der Waals surface area contributed by atoms with Crippen molar-refractivity contribution in [1.82, 2.24) is 4.90 Å². The molecule has 0 atom stereocenters. The molecule has 0 bridgehead atoms. The smallest absolute Gasteiger partial charge is 0.416 e. The molecule has 0 aliphatic carbocycles. The molecule has 1 aromatic rings. The Hall–Kier alpha value is -1.76. The number of nitrogens with zero attached hydrogens (tertiary/aromatic N) is 1. The average Bonchev–Trinajstić information content (AvgIpc) is 2.43. The summed E-state index contributed by atoms with van der Waals surface area (Å²) in [6, 6.07) is 4.22. The number of ether oxygens (including phenoxy) is 1. The molecule has 0 saturated heterocycles. The minimum atomic E-state index is -4.39. The first-order valence-electron chi connectivity index (χ1n) is 6.79. The maximum atomic E-state index is 12.4. The van der Waals surface area contributed by atoms with Crippen LogP contribution in [0.5, 0.6) is 5.75 Å². The second kappa shape index (κ2) is 7.00. The molecule has 0 aliphatic heterocycles. The Kier molecular flexibility index (Phi) is 5.82. The van der Waals surface area contributed by atoms with E-state index >= 15 is 0 Å². The minimum absolute atomic E-state index is 0.210. The molecule has 0 fully saturated rings. The molecule has 0 aromatic heterocycles. The van der Waals surface area contributed by atoms with Crippen LogP contribution in [0.4, 0.5) is 13.2 Å². The molecule has 0 unspecified atom stereocenters. The minimum Gasteiger partial charge on any atom is -0.484 e. The van der Waals surface area contributed by atoms with Gasteiger partial charge >= 0.3 is 6.18 Å². The van der Waals surface area contributed by atoms with Crippen LogP contribution in [0, 0.1) is 5.41 Å². The van der Waals surface area contributed by atoms with Gasteiger partial charge in [-0.1, -0.05) is 13.8 Å². The number of nitrogens with two attached hydrogens (primary N) is 1. The third kappa shape index (κ3) is 5.55. The summed E-state index contributed by atoms with van der Waals surface area (Å²) < 4.78 is 42.5. The van der Waals surface area contributed by atoms with Crippen LogP contribution in [0.1, 0.15) is 19.4 Å². The van der Waals surface area contributed by atoms with Gasteiger partial charge in [0.15, 0.2) is 6.61 Å². The monoisotopic (exact) mass is 318 g/mol. The van der Waals surface area contributed by atoms with E-state index in [0.29, 0.717) is 13.1 Å². The van der Waals surface area contributed by atoms with Crippen LogP contribution in [-0.2, 0) is 11.0 Å². The van der Waals surface area contributed by atoms with Crippen molar-refractivity contribution < 1.29 is 22.7 Å². The maximum absolute atomic E-state index is 12.4. The summed E-state index contributed by atoms with van der Waals surface area (Å²) in [5.41, 5.74) is 4.64. The maximum Gasteiger partial charge on any atom is 0.416 e. The van der Waals surface area contributed by atoms with E-state index < -0.39 is 11.7 Å². The Morgan fingerprint density at radius 3 is 2.23 bits per heavy atom. The van der Waals surface area contributed by atoms with Gasteiger partial charge in [-0.05, 0) is 36.2 Å². The molecule has 0 aliphatic rings. The van der Waals surface area contributed by atoms with E-state index in [1.807, 2.05) is 13.8 Å². The van der Waals surface area contributed by atoms with E-state index in [9.17, 15) is 18.0 Å². The second-order valence-electron chi connectivity index (χ2n) is 5.93. The van der Waals surface area contributed by atoms with Crippen molar-refractivity contribution in [2.45, 2.75) is 20.0 Å². The number of likely N-dealkylation sites (N-methyl/N-ethyl adjacent to an activating group) is 1. The zero-order valence-corrected chi connectivity index (χ0v) is 12.9. The van der Waals surface area contributed by atoms with Crippen LogP contribution in [-0.4, -0.2) is 37.6 Å². The molecule has 0 spiro atoms.